The molecular weight excluding hydrogens is 299 g/mol. The van der Waals surface area contributed by atoms with Crippen LogP contribution in [0.4, 0.5) is 4.39 Å². The van der Waals surface area contributed by atoms with Gasteiger partial charge in [0.05, 0.1) is 5.56 Å². The number of ether oxygens (including phenoxy) is 1. The van der Waals surface area contributed by atoms with Crippen molar-refractivity contribution >= 4 is 16.8 Å². The van der Waals surface area contributed by atoms with Gasteiger partial charge in [0.2, 0.25) is 0 Å². The molecule has 0 saturated carbocycles. The van der Waals surface area contributed by atoms with Crippen molar-refractivity contribution in [1.29, 1.82) is 0 Å². The summed E-state index contributed by atoms with van der Waals surface area (Å²) in [5.74, 6) is -0.0187. The number of hydrogen-bond acceptors (Lipinski definition) is 4. The number of fused-ring (bicyclic) bond motifs is 1. The standard InChI is InChI=1S/C18H13FO4/c1-11(20)10-22-15-7-4-13-8-16(18(21)23-17(13)9-15)12-2-5-14(19)6-3-12/h2-9H,10H2,1H3. The first-order valence-corrected chi connectivity index (χ1v) is 6.99. The fourth-order valence-electron chi connectivity index (χ4n) is 2.20. The fourth-order valence-corrected chi connectivity index (χ4v) is 2.20. The summed E-state index contributed by atoms with van der Waals surface area (Å²) in [6.45, 7) is 1.39. The average Bonchev–Trinajstić information content (AvgIpc) is 2.53. The number of rotatable bonds is 4. The summed E-state index contributed by atoms with van der Waals surface area (Å²) in [5.41, 5.74) is 0.781. The van der Waals surface area contributed by atoms with Gasteiger partial charge in [0.15, 0.2) is 5.78 Å². The number of Topliss-reactive ketones (excluding diaryl/α,β-unsaturated/α-hetero) is 1. The second-order valence-corrected chi connectivity index (χ2v) is 5.14. The van der Waals surface area contributed by atoms with E-state index in [1.165, 1.54) is 31.2 Å². The molecule has 0 fully saturated rings. The van der Waals surface area contributed by atoms with E-state index in [1.54, 1.807) is 24.3 Å². The van der Waals surface area contributed by atoms with Crippen molar-refractivity contribution in [2.75, 3.05) is 6.61 Å². The number of carbonyl (C=O) groups excluding carboxylic acids is 1. The highest BCUT2D eigenvalue weighted by molar-refractivity contribution is 5.83. The Morgan fingerprint density at radius 3 is 2.57 bits per heavy atom. The van der Waals surface area contributed by atoms with Crippen LogP contribution in [0.1, 0.15) is 6.92 Å². The molecule has 0 atom stereocenters. The van der Waals surface area contributed by atoms with Gasteiger partial charge in [-0.3, -0.25) is 4.79 Å². The summed E-state index contributed by atoms with van der Waals surface area (Å²) in [7, 11) is 0. The average molecular weight is 312 g/mol. The minimum atomic E-state index is -0.521. The van der Waals surface area contributed by atoms with E-state index in [0.29, 0.717) is 27.8 Å². The quantitative estimate of drug-likeness (QED) is 0.691. The van der Waals surface area contributed by atoms with Crippen LogP contribution in [0, 0.1) is 5.82 Å². The van der Waals surface area contributed by atoms with Gasteiger partial charge in [0.25, 0.3) is 0 Å². The molecule has 0 aliphatic carbocycles. The molecule has 0 aliphatic heterocycles. The van der Waals surface area contributed by atoms with Crippen LogP contribution < -0.4 is 10.4 Å². The Bertz CT molecular complexity index is 926. The minimum Gasteiger partial charge on any atom is -0.486 e. The minimum absolute atomic E-state index is 0.0383. The Hall–Kier alpha value is -2.95. The van der Waals surface area contributed by atoms with E-state index < -0.39 is 5.63 Å². The highest BCUT2D eigenvalue weighted by atomic mass is 19.1. The third kappa shape index (κ3) is 3.29. The lowest BCUT2D eigenvalue weighted by Gasteiger charge is -2.06. The first-order valence-electron chi connectivity index (χ1n) is 6.99. The molecule has 1 aromatic heterocycles. The van der Waals surface area contributed by atoms with Crippen LogP contribution >= 0.6 is 0 Å². The van der Waals surface area contributed by atoms with E-state index in [1.807, 2.05) is 0 Å². The Morgan fingerprint density at radius 1 is 1.13 bits per heavy atom. The zero-order valence-corrected chi connectivity index (χ0v) is 12.3. The highest BCUT2D eigenvalue weighted by Crippen LogP contribution is 2.24. The summed E-state index contributed by atoms with van der Waals surface area (Å²) in [5, 5.41) is 0.708. The maximum atomic E-state index is 13.0. The van der Waals surface area contributed by atoms with E-state index in [2.05, 4.69) is 0 Å². The molecule has 3 aromatic rings. The molecule has 0 unspecified atom stereocenters. The Labute approximate surface area is 131 Å². The third-order valence-corrected chi connectivity index (χ3v) is 3.30. The highest BCUT2D eigenvalue weighted by Gasteiger charge is 2.09. The summed E-state index contributed by atoms with van der Waals surface area (Å²) in [6, 6.07) is 12.3. The van der Waals surface area contributed by atoms with Gasteiger partial charge in [-0.05, 0) is 42.8 Å². The second-order valence-electron chi connectivity index (χ2n) is 5.14. The van der Waals surface area contributed by atoms with Crippen molar-refractivity contribution in [3.8, 4) is 16.9 Å². The molecule has 2 aromatic carbocycles. The lowest BCUT2D eigenvalue weighted by atomic mass is 10.1. The number of ketones is 1. The molecule has 0 saturated heterocycles. The lowest BCUT2D eigenvalue weighted by molar-refractivity contribution is -0.118. The molecule has 0 spiro atoms. The van der Waals surface area contributed by atoms with E-state index in [9.17, 15) is 14.0 Å². The van der Waals surface area contributed by atoms with Crippen LogP contribution in [-0.2, 0) is 4.79 Å². The van der Waals surface area contributed by atoms with Gasteiger partial charge in [0.1, 0.15) is 23.8 Å². The number of carbonyl (C=O) groups is 1. The van der Waals surface area contributed by atoms with Crippen LogP contribution in [0.2, 0.25) is 0 Å². The van der Waals surface area contributed by atoms with Crippen molar-refractivity contribution in [3.05, 3.63) is 64.8 Å². The molecule has 0 N–H and O–H groups in total. The van der Waals surface area contributed by atoms with Gasteiger partial charge < -0.3 is 9.15 Å². The molecule has 23 heavy (non-hydrogen) atoms. The van der Waals surface area contributed by atoms with E-state index >= 15 is 0 Å². The normalized spacial score (nSPS) is 10.7. The van der Waals surface area contributed by atoms with Gasteiger partial charge >= 0.3 is 5.63 Å². The largest absolute Gasteiger partial charge is 0.486 e. The molecule has 5 heteroatoms. The first kappa shape index (κ1) is 15.0. The van der Waals surface area contributed by atoms with Gasteiger partial charge in [-0.15, -0.1) is 0 Å². The fraction of sp³-hybridized carbons (Fsp3) is 0.111. The number of halogens is 1. The molecule has 0 aliphatic rings. The van der Waals surface area contributed by atoms with E-state index in [0.717, 1.165) is 0 Å². The monoisotopic (exact) mass is 312 g/mol. The van der Waals surface area contributed by atoms with E-state index in [4.69, 9.17) is 9.15 Å². The molecule has 0 radical (unpaired) electrons. The number of benzene rings is 2. The first-order chi connectivity index (χ1) is 11.0. The van der Waals surface area contributed by atoms with E-state index in [-0.39, 0.29) is 18.2 Å². The molecule has 1 heterocycles. The summed E-state index contributed by atoms with van der Waals surface area (Å²) >= 11 is 0. The summed E-state index contributed by atoms with van der Waals surface area (Å²) < 4.78 is 23.6. The van der Waals surface area contributed by atoms with Crippen molar-refractivity contribution in [2.24, 2.45) is 0 Å². The van der Waals surface area contributed by atoms with Crippen LogP contribution in [0.3, 0.4) is 0 Å². The van der Waals surface area contributed by atoms with Crippen LogP contribution in [-0.4, -0.2) is 12.4 Å². The van der Waals surface area contributed by atoms with Gasteiger partial charge in [-0.25, -0.2) is 9.18 Å². The Balaban J connectivity index is 2.02. The number of hydrogen-bond donors (Lipinski definition) is 0. The predicted molar refractivity (Wildman–Crippen MR) is 84.1 cm³/mol. The van der Waals surface area contributed by atoms with Crippen molar-refractivity contribution in [2.45, 2.75) is 6.92 Å². The zero-order valence-electron chi connectivity index (χ0n) is 12.3. The van der Waals surface area contributed by atoms with Crippen molar-refractivity contribution in [3.63, 3.8) is 0 Å². The zero-order chi connectivity index (χ0) is 16.4. The van der Waals surface area contributed by atoms with Crippen LogP contribution in [0.25, 0.3) is 22.1 Å². The summed E-state index contributed by atoms with van der Waals surface area (Å²) in [6.07, 6.45) is 0. The smallest absolute Gasteiger partial charge is 0.344 e. The molecular formula is C18H13FO4. The molecule has 3 rings (SSSR count). The maximum Gasteiger partial charge on any atom is 0.344 e. The van der Waals surface area contributed by atoms with Crippen LogP contribution in [0.5, 0.6) is 5.75 Å². The summed E-state index contributed by atoms with van der Waals surface area (Å²) in [4.78, 5) is 23.1. The van der Waals surface area contributed by atoms with Crippen LogP contribution in [0.15, 0.2) is 57.7 Å². The Kier molecular flexibility index (Phi) is 3.93. The van der Waals surface area contributed by atoms with Gasteiger partial charge in [0, 0.05) is 11.5 Å². The van der Waals surface area contributed by atoms with Gasteiger partial charge in [-0.2, -0.15) is 0 Å². The SMILES string of the molecule is CC(=O)COc1ccc2cc(-c3ccc(F)cc3)c(=O)oc2c1. The van der Waals surface area contributed by atoms with Crippen molar-refractivity contribution in [1.82, 2.24) is 0 Å². The molecule has 0 amide bonds. The molecule has 0 bridgehead atoms. The van der Waals surface area contributed by atoms with Crippen molar-refractivity contribution < 1.29 is 18.3 Å². The third-order valence-electron chi connectivity index (χ3n) is 3.30. The Morgan fingerprint density at radius 2 is 1.87 bits per heavy atom. The predicted octanol–water partition coefficient (Wildman–Crippen LogP) is 3.57. The molecule has 4 nitrogen and oxygen atoms in total. The topological polar surface area (TPSA) is 56.5 Å². The maximum absolute atomic E-state index is 13.0. The second kappa shape index (κ2) is 6.04. The molecule has 116 valence electrons. The van der Waals surface area contributed by atoms with Gasteiger partial charge in [-0.1, -0.05) is 12.1 Å². The lowest BCUT2D eigenvalue weighted by Crippen LogP contribution is -2.07.